The second kappa shape index (κ2) is 8.03. The number of nitrogens with two attached hydrogens (primary N) is 1. The van der Waals surface area contributed by atoms with Gasteiger partial charge in [-0.3, -0.25) is 0 Å². The summed E-state index contributed by atoms with van der Waals surface area (Å²) in [6, 6.07) is 4.67. The molecule has 0 aliphatic carbocycles. The SMILES string of the molecule is CCCOCCOc1cc(F)cc(CCN)c1. The molecule has 3 nitrogen and oxygen atoms in total. The third-order valence-corrected chi connectivity index (χ3v) is 2.21. The molecule has 0 bridgehead atoms. The predicted molar refractivity (Wildman–Crippen MR) is 65.8 cm³/mol. The van der Waals surface area contributed by atoms with Crippen molar-refractivity contribution >= 4 is 0 Å². The molecule has 0 unspecified atom stereocenters. The minimum Gasteiger partial charge on any atom is -0.491 e. The van der Waals surface area contributed by atoms with Gasteiger partial charge in [-0.1, -0.05) is 6.92 Å². The molecule has 17 heavy (non-hydrogen) atoms. The van der Waals surface area contributed by atoms with Gasteiger partial charge in [0.2, 0.25) is 0 Å². The van der Waals surface area contributed by atoms with Gasteiger partial charge in [-0.2, -0.15) is 0 Å². The largest absolute Gasteiger partial charge is 0.491 e. The number of rotatable bonds is 8. The van der Waals surface area contributed by atoms with Crippen molar-refractivity contribution in [1.29, 1.82) is 0 Å². The molecule has 0 heterocycles. The van der Waals surface area contributed by atoms with Gasteiger partial charge < -0.3 is 15.2 Å². The van der Waals surface area contributed by atoms with Crippen LogP contribution in [0.2, 0.25) is 0 Å². The van der Waals surface area contributed by atoms with E-state index in [1.165, 1.54) is 12.1 Å². The van der Waals surface area contributed by atoms with E-state index in [4.69, 9.17) is 15.2 Å². The highest BCUT2D eigenvalue weighted by atomic mass is 19.1. The minimum absolute atomic E-state index is 0.291. The third-order valence-electron chi connectivity index (χ3n) is 2.21. The fourth-order valence-electron chi connectivity index (χ4n) is 1.48. The molecular formula is C13H20FNO2. The van der Waals surface area contributed by atoms with Crippen LogP contribution in [0.25, 0.3) is 0 Å². The maximum absolute atomic E-state index is 13.2. The van der Waals surface area contributed by atoms with Gasteiger partial charge in [0.1, 0.15) is 18.2 Å². The van der Waals surface area contributed by atoms with Crippen LogP contribution in [0.5, 0.6) is 5.75 Å². The average molecular weight is 241 g/mol. The Labute approximate surface area is 102 Å². The highest BCUT2D eigenvalue weighted by Crippen LogP contribution is 2.16. The topological polar surface area (TPSA) is 44.5 Å². The Balaban J connectivity index is 2.41. The fraction of sp³-hybridized carbons (Fsp3) is 0.538. The average Bonchev–Trinajstić information content (AvgIpc) is 2.28. The summed E-state index contributed by atoms with van der Waals surface area (Å²) in [6.45, 7) is 4.24. The zero-order chi connectivity index (χ0) is 12.5. The number of hydrogen-bond acceptors (Lipinski definition) is 3. The second-order valence-corrected chi connectivity index (χ2v) is 3.79. The zero-order valence-corrected chi connectivity index (χ0v) is 10.2. The maximum Gasteiger partial charge on any atom is 0.127 e. The van der Waals surface area contributed by atoms with Crippen LogP contribution >= 0.6 is 0 Å². The molecule has 0 aliphatic heterocycles. The smallest absolute Gasteiger partial charge is 0.127 e. The van der Waals surface area contributed by atoms with Gasteiger partial charge in [-0.25, -0.2) is 4.39 Å². The third kappa shape index (κ3) is 5.65. The lowest BCUT2D eigenvalue weighted by Crippen LogP contribution is -2.08. The maximum atomic E-state index is 13.2. The number of benzene rings is 1. The standard InChI is InChI=1S/C13H20FNO2/c1-2-5-16-6-7-17-13-9-11(3-4-15)8-12(14)10-13/h8-10H,2-7,15H2,1H3. The van der Waals surface area contributed by atoms with Gasteiger partial charge in [-0.15, -0.1) is 0 Å². The summed E-state index contributed by atoms with van der Waals surface area (Å²) in [4.78, 5) is 0. The van der Waals surface area contributed by atoms with Crippen molar-refractivity contribution in [1.82, 2.24) is 0 Å². The van der Waals surface area contributed by atoms with Gasteiger partial charge in [0.15, 0.2) is 0 Å². The first-order valence-corrected chi connectivity index (χ1v) is 5.96. The molecule has 2 N–H and O–H groups in total. The van der Waals surface area contributed by atoms with E-state index in [9.17, 15) is 4.39 Å². The highest BCUT2D eigenvalue weighted by molar-refractivity contribution is 5.29. The van der Waals surface area contributed by atoms with Crippen molar-refractivity contribution in [3.8, 4) is 5.75 Å². The molecule has 0 atom stereocenters. The number of hydrogen-bond donors (Lipinski definition) is 1. The van der Waals surface area contributed by atoms with Gasteiger partial charge in [0.05, 0.1) is 6.61 Å². The van der Waals surface area contributed by atoms with E-state index in [-0.39, 0.29) is 5.82 Å². The van der Waals surface area contributed by atoms with Crippen LogP contribution in [-0.2, 0) is 11.2 Å². The Morgan fingerprint density at radius 2 is 2.00 bits per heavy atom. The molecule has 0 saturated carbocycles. The van der Waals surface area contributed by atoms with Gasteiger partial charge in [0.25, 0.3) is 0 Å². The Morgan fingerprint density at radius 1 is 1.18 bits per heavy atom. The summed E-state index contributed by atoms with van der Waals surface area (Å²) in [5.74, 6) is 0.244. The minimum atomic E-state index is -0.291. The van der Waals surface area contributed by atoms with Crippen molar-refractivity contribution in [2.45, 2.75) is 19.8 Å². The summed E-state index contributed by atoms with van der Waals surface area (Å²) in [6.07, 6.45) is 1.64. The lowest BCUT2D eigenvalue weighted by Gasteiger charge is -2.08. The van der Waals surface area contributed by atoms with Gasteiger partial charge in [0, 0.05) is 12.7 Å². The van der Waals surface area contributed by atoms with E-state index in [0.717, 1.165) is 18.6 Å². The molecule has 0 spiro atoms. The summed E-state index contributed by atoms with van der Waals surface area (Å²) in [5, 5.41) is 0. The molecule has 1 aromatic carbocycles. The fourth-order valence-corrected chi connectivity index (χ4v) is 1.48. The summed E-state index contributed by atoms with van der Waals surface area (Å²) >= 11 is 0. The molecule has 0 aromatic heterocycles. The first-order chi connectivity index (χ1) is 8.26. The summed E-state index contributed by atoms with van der Waals surface area (Å²) in [7, 11) is 0. The highest BCUT2D eigenvalue weighted by Gasteiger charge is 2.01. The van der Waals surface area contributed by atoms with Crippen LogP contribution in [0.3, 0.4) is 0 Å². The summed E-state index contributed by atoms with van der Waals surface area (Å²) < 4.78 is 23.9. The number of ether oxygens (including phenoxy) is 2. The Bertz CT molecular complexity index is 331. The Kier molecular flexibility index (Phi) is 6.58. The monoisotopic (exact) mass is 241 g/mol. The van der Waals surface area contributed by atoms with Crippen LogP contribution in [0.1, 0.15) is 18.9 Å². The molecule has 0 aliphatic rings. The normalized spacial score (nSPS) is 10.5. The van der Waals surface area contributed by atoms with E-state index in [0.29, 0.717) is 31.9 Å². The van der Waals surface area contributed by atoms with Crippen molar-refractivity contribution in [3.63, 3.8) is 0 Å². The Hall–Kier alpha value is -1.13. The molecular weight excluding hydrogens is 221 g/mol. The summed E-state index contributed by atoms with van der Waals surface area (Å²) in [5.41, 5.74) is 6.29. The first kappa shape index (κ1) is 13.9. The van der Waals surface area contributed by atoms with E-state index in [2.05, 4.69) is 0 Å². The van der Waals surface area contributed by atoms with Crippen LogP contribution < -0.4 is 10.5 Å². The van der Waals surface area contributed by atoms with E-state index < -0.39 is 0 Å². The van der Waals surface area contributed by atoms with Crippen molar-refractivity contribution in [2.24, 2.45) is 5.73 Å². The molecule has 96 valence electrons. The van der Waals surface area contributed by atoms with Crippen LogP contribution in [0.15, 0.2) is 18.2 Å². The molecule has 0 saturated heterocycles. The molecule has 0 amide bonds. The second-order valence-electron chi connectivity index (χ2n) is 3.79. The lowest BCUT2D eigenvalue weighted by atomic mass is 10.1. The molecule has 4 heteroatoms. The van der Waals surface area contributed by atoms with Crippen LogP contribution in [0.4, 0.5) is 4.39 Å². The predicted octanol–water partition coefficient (Wildman–Crippen LogP) is 2.13. The Morgan fingerprint density at radius 3 is 2.71 bits per heavy atom. The molecule has 1 rings (SSSR count). The van der Waals surface area contributed by atoms with Crippen LogP contribution in [0, 0.1) is 5.82 Å². The van der Waals surface area contributed by atoms with E-state index in [1.54, 1.807) is 0 Å². The van der Waals surface area contributed by atoms with Crippen molar-refractivity contribution < 1.29 is 13.9 Å². The van der Waals surface area contributed by atoms with Crippen molar-refractivity contribution in [2.75, 3.05) is 26.4 Å². The molecule has 1 aromatic rings. The van der Waals surface area contributed by atoms with Gasteiger partial charge in [-0.05, 0) is 37.1 Å². The van der Waals surface area contributed by atoms with Crippen LogP contribution in [-0.4, -0.2) is 26.4 Å². The zero-order valence-electron chi connectivity index (χ0n) is 10.2. The van der Waals surface area contributed by atoms with Crippen molar-refractivity contribution in [3.05, 3.63) is 29.6 Å². The molecule has 0 radical (unpaired) electrons. The van der Waals surface area contributed by atoms with E-state index in [1.807, 2.05) is 13.0 Å². The molecule has 0 fully saturated rings. The van der Waals surface area contributed by atoms with E-state index >= 15 is 0 Å². The quantitative estimate of drug-likeness (QED) is 0.709. The van der Waals surface area contributed by atoms with Gasteiger partial charge >= 0.3 is 0 Å². The first-order valence-electron chi connectivity index (χ1n) is 5.96. The lowest BCUT2D eigenvalue weighted by molar-refractivity contribution is 0.100. The number of halogens is 1.